The summed E-state index contributed by atoms with van der Waals surface area (Å²) in [4.78, 5) is 26.2. The number of anilines is 2. The lowest BCUT2D eigenvalue weighted by atomic mass is 10.1. The van der Waals surface area contributed by atoms with Gasteiger partial charge < -0.3 is 24.0 Å². The van der Waals surface area contributed by atoms with E-state index >= 15 is 0 Å². The van der Waals surface area contributed by atoms with Gasteiger partial charge in [0.1, 0.15) is 11.0 Å². The molecule has 0 spiro atoms. The summed E-state index contributed by atoms with van der Waals surface area (Å²) < 4.78 is 28.4. The number of carbonyl (C=O) groups is 1. The van der Waals surface area contributed by atoms with Gasteiger partial charge in [-0.2, -0.15) is 4.98 Å². The smallest absolute Gasteiger partial charge is 0.308 e. The van der Waals surface area contributed by atoms with E-state index in [2.05, 4.69) is 9.88 Å². The zero-order chi connectivity index (χ0) is 20.4. The van der Waals surface area contributed by atoms with Gasteiger partial charge in [0.2, 0.25) is 5.95 Å². The third kappa shape index (κ3) is 4.39. The molecule has 9 nitrogen and oxygen atoms in total. The molecule has 4 heterocycles. The van der Waals surface area contributed by atoms with Crippen molar-refractivity contribution < 1.29 is 23.2 Å². The average Bonchev–Trinajstić information content (AvgIpc) is 3.09. The van der Waals surface area contributed by atoms with Gasteiger partial charge in [0.25, 0.3) is 0 Å². The number of ether oxygens (including phenoxy) is 3. The van der Waals surface area contributed by atoms with E-state index < -0.39 is 10.8 Å². The average molecular weight is 425 g/mol. The Morgan fingerprint density at radius 3 is 2.79 bits per heavy atom. The van der Waals surface area contributed by atoms with Gasteiger partial charge in [-0.1, -0.05) is 0 Å². The highest BCUT2D eigenvalue weighted by Gasteiger charge is 2.36. The zero-order valence-electron chi connectivity index (χ0n) is 17.0. The number of fused-ring (bicyclic) bond motifs is 1. The molecule has 0 saturated carbocycles. The van der Waals surface area contributed by atoms with Crippen LogP contribution in [0.5, 0.6) is 0 Å². The number of nitrogens with zero attached hydrogens (tertiary/aromatic N) is 4. The van der Waals surface area contributed by atoms with Crippen LogP contribution >= 0.6 is 0 Å². The van der Waals surface area contributed by atoms with Crippen molar-refractivity contribution in [3.63, 3.8) is 0 Å². The molecule has 0 radical (unpaired) electrons. The maximum atomic E-state index is 12.6. The summed E-state index contributed by atoms with van der Waals surface area (Å²) in [6.07, 6.45) is 2.67. The Hall–Kier alpha value is -1.78. The molecule has 4 rings (SSSR count). The van der Waals surface area contributed by atoms with Gasteiger partial charge in [0, 0.05) is 45.6 Å². The predicted molar refractivity (Wildman–Crippen MR) is 108 cm³/mol. The number of hydrogen-bond acceptors (Lipinski definition) is 9. The summed E-state index contributed by atoms with van der Waals surface area (Å²) in [6, 6.07) is 0.319. The number of aryl methyl sites for hydroxylation is 1. The number of esters is 1. The first-order chi connectivity index (χ1) is 14.1. The molecule has 0 N–H and O–H groups in total. The van der Waals surface area contributed by atoms with Gasteiger partial charge in [-0.25, -0.2) is 4.98 Å². The van der Waals surface area contributed by atoms with Gasteiger partial charge >= 0.3 is 5.97 Å². The number of hydrogen-bond donors (Lipinski definition) is 0. The second-order valence-corrected chi connectivity index (χ2v) is 9.14. The lowest BCUT2D eigenvalue weighted by molar-refractivity contribution is -0.151. The van der Waals surface area contributed by atoms with Crippen LogP contribution < -0.4 is 9.80 Å². The van der Waals surface area contributed by atoms with E-state index in [1.807, 2.05) is 11.9 Å². The van der Waals surface area contributed by atoms with Crippen molar-refractivity contribution in [1.29, 1.82) is 0 Å². The third-order valence-electron chi connectivity index (χ3n) is 5.67. The van der Waals surface area contributed by atoms with E-state index in [-0.39, 0.29) is 18.5 Å². The Bertz CT molecular complexity index is 780. The normalized spacial score (nSPS) is 22.3. The molecule has 1 aromatic heterocycles. The van der Waals surface area contributed by atoms with Crippen LogP contribution in [0.3, 0.4) is 0 Å². The molecular weight excluding hydrogens is 396 g/mol. The SMILES string of the molecule is COCCC(=O)OC1CN(c2nc3c(c(N(C)C4CCOCC4)n2)S(=O)CC3)C1. The molecular formula is C19H28N4O5S. The van der Waals surface area contributed by atoms with Crippen LogP contribution in [0.4, 0.5) is 11.8 Å². The summed E-state index contributed by atoms with van der Waals surface area (Å²) >= 11 is 0. The highest BCUT2D eigenvalue weighted by molar-refractivity contribution is 7.85. The number of carbonyl (C=O) groups excluding carboxylic acids is 1. The Morgan fingerprint density at radius 1 is 1.31 bits per heavy atom. The Kier molecular flexibility index (Phi) is 6.31. The molecule has 0 amide bonds. The van der Waals surface area contributed by atoms with Crippen LogP contribution in [0.1, 0.15) is 25.0 Å². The Morgan fingerprint density at radius 2 is 2.07 bits per heavy atom. The summed E-state index contributed by atoms with van der Waals surface area (Å²) in [7, 11) is 2.53. The lowest BCUT2D eigenvalue weighted by Gasteiger charge is -2.39. The van der Waals surface area contributed by atoms with Crippen molar-refractivity contribution in [2.45, 2.75) is 42.7 Å². The van der Waals surface area contributed by atoms with Crippen molar-refractivity contribution in [3.8, 4) is 0 Å². The molecule has 3 aliphatic heterocycles. The highest BCUT2D eigenvalue weighted by atomic mass is 32.2. The maximum absolute atomic E-state index is 12.6. The second kappa shape index (κ2) is 8.93. The number of methoxy groups -OCH3 is 1. The second-order valence-electron chi connectivity index (χ2n) is 7.64. The third-order valence-corrected chi connectivity index (χ3v) is 7.12. The minimum Gasteiger partial charge on any atom is -0.459 e. The van der Waals surface area contributed by atoms with Crippen LogP contribution in [-0.2, 0) is 36.2 Å². The quantitative estimate of drug-likeness (QED) is 0.581. The summed E-state index contributed by atoms with van der Waals surface area (Å²) in [5.41, 5.74) is 0.878. The van der Waals surface area contributed by atoms with Crippen molar-refractivity contribution >= 4 is 28.5 Å². The fourth-order valence-electron chi connectivity index (χ4n) is 3.90. The lowest BCUT2D eigenvalue weighted by Crippen LogP contribution is -2.54. The first kappa shape index (κ1) is 20.5. The van der Waals surface area contributed by atoms with Gasteiger partial charge in [0.05, 0.1) is 42.6 Å². The summed E-state index contributed by atoms with van der Waals surface area (Å²) in [5.74, 6) is 1.75. The van der Waals surface area contributed by atoms with Crippen LogP contribution in [0.25, 0.3) is 0 Å². The van der Waals surface area contributed by atoms with E-state index in [0.29, 0.717) is 43.9 Å². The van der Waals surface area contributed by atoms with E-state index in [0.717, 1.165) is 42.5 Å². The van der Waals surface area contributed by atoms with E-state index in [1.54, 1.807) is 7.11 Å². The number of aromatic nitrogens is 2. The molecule has 0 aliphatic carbocycles. The van der Waals surface area contributed by atoms with Gasteiger partial charge in [-0.3, -0.25) is 9.00 Å². The van der Waals surface area contributed by atoms with Gasteiger partial charge in [0.15, 0.2) is 5.82 Å². The van der Waals surface area contributed by atoms with Crippen molar-refractivity contribution in [2.24, 2.45) is 0 Å². The molecule has 160 valence electrons. The van der Waals surface area contributed by atoms with Crippen LogP contribution in [0.2, 0.25) is 0 Å². The standard InChI is InChI=1S/C19H28N4O5S/c1-22(13-3-8-27-9-4-13)18-17-15(6-10-29(17)25)20-19(21-18)23-11-14(12-23)28-16(24)5-7-26-2/h13-14H,3-12H2,1-2H3. The topological polar surface area (TPSA) is 94.1 Å². The summed E-state index contributed by atoms with van der Waals surface area (Å²) in [5, 5.41) is 0. The summed E-state index contributed by atoms with van der Waals surface area (Å²) in [6.45, 7) is 2.98. The first-order valence-corrected chi connectivity index (χ1v) is 11.4. The van der Waals surface area contributed by atoms with E-state index in [1.165, 1.54) is 0 Å². The molecule has 0 aromatic carbocycles. The molecule has 3 aliphatic rings. The van der Waals surface area contributed by atoms with Crippen LogP contribution in [0.15, 0.2) is 4.90 Å². The van der Waals surface area contributed by atoms with Crippen LogP contribution in [0, 0.1) is 0 Å². The molecule has 2 saturated heterocycles. The van der Waals surface area contributed by atoms with E-state index in [9.17, 15) is 9.00 Å². The fraction of sp³-hybridized carbons (Fsp3) is 0.737. The maximum Gasteiger partial charge on any atom is 0.308 e. The largest absolute Gasteiger partial charge is 0.459 e. The fourth-order valence-corrected chi connectivity index (χ4v) is 5.28. The zero-order valence-corrected chi connectivity index (χ0v) is 17.8. The van der Waals surface area contributed by atoms with Crippen molar-refractivity contribution in [3.05, 3.63) is 5.69 Å². The molecule has 1 aromatic rings. The van der Waals surface area contributed by atoms with E-state index in [4.69, 9.17) is 19.2 Å². The first-order valence-electron chi connectivity index (χ1n) is 10.1. The van der Waals surface area contributed by atoms with Gasteiger partial charge in [-0.05, 0) is 12.8 Å². The van der Waals surface area contributed by atoms with Crippen molar-refractivity contribution in [2.75, 3.05) is 62.6 Å². The molecule has 1 atom stereocenters. The minimum absolute atomic E-state index is 0.151. The minimum atomic E-state index is -1.06. The molecule has 29 heavy (non-hydrogen) atoms. The Balaban J connectivity index is 1.48. The molecule has 10 heteroatoms. The highest BCUT2D eigenvalue weighted by Crippen LogP contribution is 2.34. The predicted octanol–water partition coefficient (Wildman–Crippen LogP) is 0.524. The molecule has 0 bridgehead atoms. The van der Waals surface area contributed by atoms with Crippen LogP contribution in [-0.4, -0.2) is 85.1 Å². The Labute approximate surface area is 173 Å². The van der Waals surface area contributed by atoms with Gasteiger partial charge in [-0.15, -0.1) is 0 Å². The molecule has 1 unspecified atom stereocenters. The monoisotopic (exact) mass is 424 g/mol. The number of rotatable bonds is 7. The molecule has 2 fully saturated rings. The van der Waals surface area contributed by atoms with Crippen molar-refractivity contribution in [1.82, 2.24) is 9.97 Å².